The molecule has 1 amide bonds. The molecule has 0 fully saturated rings. The Kier molecular flexibility index (Phi) is 6.75. The zero-order valence-electron chi connectivity index (χ0n) is 14.0. The lowest BCUT2D eigenvalue weighted by atomic mass is 10.2. The fourth-order valence-electron chi connectivity index (χ4n) is 2.12. The summed E-state index contributed by atoms with van der Waals surface area (Å²) in [5, 5.41) is 3.11. The Morgan fingerprint density at radius 3 is 2.50 bits per heavy atom. The van der Waals surface area contributed by atoms with E-state index in [1.807, 2.05) is 49.5 Å². The number of hydrogen-bond acceptors (Lipinski definition) is 3. The van der Waals surface area contributed by atoms with E-state index in [4.69, 9.17) is 17.0 Å². The molecule has 0 heterocycles. The third kappa shape index (κ3) is 4.80. The van der Waals surface area contributed by atoms with Crippen LogP contribution in [-0.2, 0) is 0 Å². The van der Waals surface area contributed by atoms with E-state index in [2.05, 4.69) is 12.2 Å². The largest absolute Gasteiger partial charge is 0.493 e. The number of nitrogens with one attached hydrogen (secondary N) is 1. The first-order chi connectivity index (χ1) is 11.6. The monoisotopic (exact) mass is 342 g/mol. The number of amides is 1. The van der Waals surface area contributed by atoms with E-state index >= 15 is 0 Å². The number of nitrogens with zero attached hydrogens (tertiary/aromatic N) is 1. The number of unbranched alkanes of at least 4 members (excludes halogenated alkanes) is 1. The number of para-hydroxylation sites is 2. The normalized spacial score (nSPS) is 10.1. The topological polar surface area (TPSA) is 41.6 Å². The number of carbonyl (C=O) groups is 1. The average molecular weight is 342 g/mol. The smallest absolute Gasteiger partial charge is 0.261 e. The lowest BCUT2D eigenvalue weighted by Crippen LogP contribution is -2.40. The maximum atomic E-state index is 12.5. The first-order valence-electron chi connectivity index (χ1n) is 7.99. The molecule has 1 N–H and O–H groups in total. The molecule has 0 aliphatic rings. The van der Waals surface area contributed by atoms with E-state index in [-0.39, 0.29) is 5.91 Å². The molecule has 5 heteroatoms. The van der Waals surface area contributed by atoms with Gasteiger partial charge in [0.25, 0.3) is 5.91 Å². The average Bonchev–Trinajstić information content (AvgIpc) is 2.62. The van der Waals surface area contributed by atoms with Gasteiger partial charge >= 0.3 is 0 Å². The summed E-state index contributed by atoms with van der Waals surface area (Å²) in [7, 11) is 1.82. The van der Waals surface area contributed by atoms with Crippen LogP contribution in [0.25, 0.3) is 0 Å². The Morgan fingerprint density at radius 2 is 1.79 bits per heavy atom. The Bertz CT molecular complexity index is 689. The summed E-state index contributed by atoms with van der Waals surface area (Å²) in [6.07, 6.45) is 1.99. The number of anilines is 1. The van der Waals surface area contributed by atoms with Gasteiger partial charge in [0.2, 0.25) is 0 Å². The van der Waals surface area contributed by atoms with E-state index < -0.39 is 0 Å². The van der Waals surface area contributed by atoms with Crippen LogP contribution in [0.15, 0.2) is 54.6 Å². The van der Waals surface area contributed by atoms with E-state index in [9.17, 15) is 4.79 Å². The fraction of sp³-hybridized carbons (Fsp3) is 0.263. The van der Waals surface area contributed by atoms with Gasteiger partial charge < -0.3 is 9.64 Å². The second-order valence-corrected chi connectivity index (χ2v) is 5.74. The molecule has 0 aliphatic carbocycles. The molecule has 126 valence electrons. The molecule has 2 aromatic carbocycles. The fourth-order valence-corrected chi connectivity index (χ4v) is 2.32. The molecule has 0 saturated carbocycles. The minimum atomic E-state index is -0.269. The van der Waals surface area contributed by atoms with E-state index in [0.29, 0.717) is 23.0 Å². The van der Waals surface area contributed by atoms with Gasteiger partial charge in [-0.2, -0.15) is 0 Å². The molecular formula is C19H22N2O2S. The van der Waals surface area contributed by atoms with E-state index in [1.165, 1.54) is 0 Å². The van der Waals surface area contributed by atoms with E-state index in [1.54, 1.807) is 17.0 Å². The lowest BCUT2D eigenvalue weighted by molar-refractivity contribution is 0.0973. The van der Waals surface area contributed by atoms with Gasteiger partial charge in [-0.3, -0.25) is 10.1 Å². The Labute approximate surface area is 148 Å². The molecule has 2 rings (SSSR count). The number of ether oxygens (including phenoxy) is 1. The first-order valence-corrected chi connectivity index (χ1v) is 8.40. The van der Waals surface area contributed by atoms with Crippen LogP contribution in [0.4, 0.5) is 5.69 Å². The van der Waals surface area contributed by atoms with Crippen LogP contribution < -0.4 is 15.0 Å². The minimum absolute atomic E-state index is 0.269. The van der Waals surface area contributed by atoms with Crippen molar-refractivity contribution in [1.29, 1.82) is 0 Å². The van der Waals surface area contributed by atoms with Gasteiger partial charge in [0, 0.05) is 12.7 Å². The molecule has 0 spiro atoms. The van der Waals surface area contributed by atoms with Gasteiger partial charge in [-0.25, -0.2) is 0 Å². The SMILES string of the molecule is CCCCOc1ccccc1C(=O)NC(=S)N(C)c1ccccc1. The van der Waals surface area contributed by atoms with E-state index in [0.717, 1.165) is 18.5 Å². The number of rotatable bonds is 6. The van der Waals surface area contributed by atoms with Crippen LogP contribution in [0.2, 0.25) is 0 Å². The predicted molar refractivity (Wildman–Crippen MR) is 102 cm³/mol. The predicted octanol–water partition coefficient (Wildman–Crippen LogP) is 4.02. The van der Waals surface area contributed by atoms with Crippen LogP contribution in [0.1, 0.15) is 30.1 Å². The molecule has 0 saturated heterocycles. The maximum Gasteiger partial charge on any atom is 0.261 e. The molecule has 0 aliphatic heterocycles. The Hall–Kier alpha value is -2.40. The molecule has 0 aromatic heterocycles. The molecule has 0 radical (unpaired) electrons. The van der Waals surface area contributed by atoms with Crippen LogP contribution in [0, 0.1) is 0 Å². The third-order valence-electron chi connectivity index (χ3n) is 3.56. The zero-order valence-corrected chi connectivity index (χ0v) is 14.8. The highest BCUT2D eigenvalue weighted by Gasteiger charge is 2.15. The first kappa shape index (κ1) is 17.9. The summed E-state index contributed by atoms with van der Waals surface area (Å²) in [4.78, 5) is 14.3. The van der Waals surface area contributed by atoms with Gasteiger partial charge in [0.05, 0.1) is 12.2 Å². The van der Waals surface area contributed by atoms with Gasteiger partial charge in [0.15, 0.2) is 5.11 Å². The van der Waals surface area contributed by atoms with Crippen LogP contribution >= 0.6 is 12.2 Å². The highest BCUT2D eigenvalue weighted by Crippen LogP contribution is 2.19. The summed E-state index contributed by atoms with van der Waals surface area (Å²) in [6, 6.07) is 16.8. The van der Waals surface area contributed by atoms with Crippen molar-refractivity contribution in [3.63, 3.8) is 0 Å². The van der Waals surface area contributed by atoms with Crippen molar-refractivity contribution >= 4 is 28.9 Å². The Balaban J connectivity index is 2.05. The summed E-state index contributed by atoms with van der Waals surface area (Å²) in [5.74, 6) is 0.309. The molecule has 0 bridgehead atoms. The number of thiocarbonyl (C=S) groups is 1. The summed E-state index contributed by atoms with van der Waals surface area (Å²) >= 11 is 5.34. The second kappa shape index (κ2) is 9.03. The number of hydrogen-bond donors (Lipinski definition) is 1. The van der Waals surface area contributed by atoms with Crippen LogP contribution in [-0.4, -0.2) is 24.7 Å². The molecule has 4 nitrogen and oxygen atoms in total. The standard InChI is InChI=1S/C19H22N2O2S/c1-3-4-14-23-17-13-9-8-12-16(17)18(22)20-19(24)21(2)15-10-6-5-7-11-15/h5-13H,3-4,14H2,1-2H3,(H,20,22,24). The third-order valence-corrected chi connectivity index (χ3v) is 3.93. The van der Waals surface area contributed by atoms with Crippen molar-refractivity contribution in [3.05, 3.63) is 60.2 Å². The quantitative estimate of drug-likeness (QED) is 0.636. The highest BCUT2D eigenvalue weighted by molar-refractivity contribution is 7.80. The van der Waals surface area contributed by atoms with Crippen molar-refractivity contribution < 1.29 is 9.53 Å². The second-order valence-electron chi connectivity index (χ2n) is 5.35. The summed E-state index contributed by atoms with van der Waals surface area (Å²) < 4.78 is 5.71. The van der Waals surface area contributed by atoms with Crippen molar-refractivity contribution in [2.24, 2.45) is 0 Å². The molecule has 0 unspecified atom stereocenters. The summed E-state index contributed by atoms with van der Waals surface area (Å²) in [5.41, 5.74) is 1.40. The van der Waals surface area contributed by atoms with Crippen molar-refractivity contribution in [2.45, 2.75) is 19.8 Å². The van der Waals surface area contributed by atoms with Gasteiger partial charge in [0.1, 0.15) is 5.75 Å². The lowest BCUT2D eigenvalue weighted by Gasteiger charge is -2.20. The highest BCUT2D eigenvalue weighted by atomic mass is 32.1. The molecule has 24 heavy (non-hydrogen) atoms. The molecule has 0 atom stereocenters. The Morgan fingerprint density at radius 1 is 1.12 bits per heavy atom. The van der Waals surface area contributed by atoms with Crippen molar-refractivity contribution in [3.8, 4) is 5.75 Å². The zero-order chi connectivity index (χ0) is 17.4. The molecular weight excluding hydrogens is 320 g/mol. The minimum Gasteiger partial charge on any atom is -0.493 e. The van der Waals surface area contributed by atoms with Crippen molar-refractivity contribution in [2.75, 3.05) is 18.6 Å². The van der Waals surface area contributed by atoms with Crippen LogP contribution in [0.3, 0.4) is 0 Å². The maximum absolute atomic E-state index is 12.5. The van der Waals surface area contributed by atoms with Gasteiger partial charge in [-0.1, -0.05) is 43.7 Å². The van der Waals surface area contributed by atoms with Gasteiger partial charge in [-0.05, 0) is 42.9 Å². The summed E-state index contributed by atoms with van der Waals surface area (Å²) in [6.45, 7) is 2.69. The molecule has 2 aromatic rings. The number of carbonyl (C=O) groups excluding carboxylic acids is 1. The van der Waals surface area contributed by atoms with Crippen LogP contribution in [0.5, 0.6) is 5.75 Å². The van der Waals surface area contributed by atoms with Crippen molar-refractivity contribution in [1.82, 2.24) is 5.32 Å². The number of benzene rings is 2. The van der Waals surface area contributed by atoms with Gasteiger partial charge in [-0.15, -0.1) is 0 Å².